The number of nitrogens with zero attached hydrogens (tertiary/aromatic N) is 2. The maximum absolute atomic E-state index is 14.0. The van der Waals surface area contributed by atoms with Crippen molar-refractivity contribution in [3.8, 4) is 5.75 Å². The van der Waals surface area contributed by atoms with Gasteiger partial charge in [0.2, 0.25) is 0 Å². The molecule has 0 fully saturated rings. The van der Waals surface area contributed by atoms with E-state index >= 15 is 0 Å². The zero-order chi connectivity index (χ0) is 24.4. The number of para-hydroxylation sites is 2. The third kappa shape index (κ3) is 4.28. The van der Waals surface area contributed by atoms with E-state index in [2.05, 4.69) is 0 Å². The van der Waals surface area contributed by atoms with Crippen molar-refractivity contribution in [2.45, 2.75) is 12.1 Å². The minimum absolute atomic E-state index is 0.151. The zero-order valence-corrected chi connectivity index (χ0v) is 19.7. The van der Waals surface area contributed by atoms with Crippen molar-refractivity contribution in [1.82, 2.24) is 0 Å². The molecule has 0 aromatic heterocycles. The fourth-order valence-corrected chi connectivity index (χ4v) is 4.45. The Labute approximate surface area is 205 Å². The second-order valence-corrected chi connectivity index (χ2v) is 8.71. The molecule has 174 valence electrons. The molecule has 0 N–H and O–H groups in total. The van der Waals surface area contributed by atoms with E-state index in [1.807, 2.05) is 104 Å². The molecule has 0 aliphatic carbocycles. The van der Waals surface area contributed by atoms with Gasteiger partial charge >= 0.3 is 0 Å². The molecule has 0 spiro atoms. The summed E-state index contributed by atoms with van der Waals surface area (Å²) < 4.78 is 6.46. The van der Waals surface area contributed by atoms with E-state index in [1.54, 1.807) is 29.2 Å². The van der Waals surface area contributed by atoms with Crippen molar-refractivity contribution in [3.05, 3.63) is 126 Å². The van der Waals surface area contributed by atoms with E-state index in [4.69, 9.17) is 4.74 Å². The Kier molecular flexibility index (Phi) is 6.06. The van der Waals surface area contributed by atoms with Crippen molar-refractivity contribution >= 4 is 23.1 Å². The first-order valence-electron chi connectivity index (χ1n) is 11.6. The van der Waals surface area contributed by atoms with Crippen molar-refractivity contribution in [1.29, 1.82) is 0 Å². The number of rotatable bonds is 5. The van der Waals surface area contributed by atoms with Crippen molar-refractivity contribution < 1.29 is 14.3 Å². The second-order valence-electron chi connectivity index (χ2n) is 8.71. The lowest BCUT2D eigenvalue weighted by molar-refractivity contribution is 0.0730. The predicted molar refractivity (Wildman–Crippen MR) is 138 cm³/mol. The molecule has 1 amide bonds. The van der Waals surface area contributed by atoms with Crippen molar-refractivity contribution in [2.24, 2.45) is 0 Å². The Morgan fingerprint density at radius 1 is 0.714 bits per heavy atom. The Bertz CT molecular complexity index is 1340. The maximum Gasteiger partial charge on any atom is 0.259 e. The number of amides is 1. The second kappa shape index (κ2) is 9.47. The normalized spacial score (nSPS) is 16.7. The van der Waals surface area contributed by atoms with Gasteiger partial charge in [0.1, 0.15) is 11.8 Å². The molecule has 4 aromatic rings. The SMILES string of the molecule is CN(C)c1ccc(C2Oc3ccccc3C(=O)C2N(C(=O)c2ccccc2)c2ccccc2)cc1. The van der Waals surface area contributed by atoms with Gasteiger partial charge in [-0.25, -0.2) is 0 Å². The fraction of sp³-hybridized carbons (Fsp3) is 0.133. The fourth-order valence-electron chi connectivity index (χ4n) is 4.45. The number of carbonyl (C=O) groups is 2. The van der Waals surface area contributed by atoms with Gasteiger partial charge in [-0.2, -0.15) is 0 Å². The van der Waals surface area contributed by atoms with Gasteiger partial charge in [0.15, 0.2) is 11.9 Å². The van der Waals surface area contributed by atoms with Gasteiger partial charge in [-0.05, 0) is 54.1 Å². The third-order valence-corrected chi connectivity index (χ3v) is 6.25. The van der Waals surface area contributed by atoms with E-state index in [0.717, 1.165) is 11.3 Å². The Morgan fingerprint density at radius 2 is 1.31 bits per heavy atom. The molecule has 4 aromatic carbocycles. The summed E-state index contributed by atoms with van der Waals surface area (Å²) in [6.45, 7) is 0. The van der Waals surface area contributed by atoms with Crippen LogP contribution < -0.4 is 14.5 Å². The Morgan fingerprint density at radius 3 is 1.97 bits per heavy atom. The number of anilines is 2. The van der Waals surface area contributed by atoms with Gasteiger partial charge < -0.3 is 9.64 Å². The minimum Gasteiger partial charge on any atom is -0.482 e. The number of fused-ring (bicyclic) bond motifs is 1. The quantitative estimate of drug-likeness (QED) is 0.377. The number of hydrogen-bond donors (Lipinski definition) is 0. The standard InChI is InChI=1S/C30H26N2O3/c1-31(2)23-19-17-21(18-20-23)29-27(28(33)25-15-9-10-16-26(25)35-29)32(24-13-7-4-8-14-24)30(34)22-11-5-3-6-12-22/h3-20,27,29H,1-2H3. The van der Waals surface area contributed by atoms with Crippen molar-refractivity contribution in [3.63, 3.8) is 0 Å². The van der Waals surface area contributed by atoms with E-state index in [9.17, 15) is 9.59 Å². The first-order valence-corrected chi connectivity index (χ1v) is 11.6. The molecule has 5 rings (SSSR count). The van der Waals surface area contributed by atoms with Crippen LogP contribution in [0.25, 0.3) is 0 Å². The van der Waals surface area contributed by atoms with Crippen LogP contribution in [-0.2, 0) is 0 Å². The molecule has 35 heavy (non-hydrogen) atoms. The first-order chi connectivity index (χ1) is 17.0. The lowest BCUT2D eigenvalue weighted by Crippen LogP contribution is -2.52. The number of ether oxygens (including phenoxy) is 1. The van der Waals surface area contributed by atoms with Gasteiger partial charge in [-0.15, -0.1) is 0 Å². The van der Waals surface area contributed by atoms with Gasteiger partial charge in [0, 0.05) is 31.0 Å². The average Bonchev–Trinajstić information content (AvgIpc) is 2.91. The summed E-state index contributed by atoms with van der Waals surface area (Å²) in [5.41, 5.74) is 3.47. The van der Waals surface area contributed by atoms with Crippen LogP contribution in [0.3, 0.4) is 0 Å². The molecule has 0 saturated carbocycles. The van der Waals surface area contributed by atoms with Crippen LogP contribution >= 0.6 is 0 Å². The highest BCUT2D eigenvalue weighted by Gasteiger charge is 2.44. The number of benzene rings is 4. The summed E-state index contributed by atoms with van der Waals surface area (Å²) in [6.07, 6.45) is -0.679. The monoisotopic (exact) mass is 462 g/mol. The number of ketones is 1. The van der Waals surface area contributed by atoms with E-state index in [-0.39, 0.29) is 11.7 Å². The Balaban J connectivity index is 1.68. The average molecular weight is 463 g/mol. The molecule has 1 heterocycles. The van der Waals surface area contributed by atoms with E-state index in [1.165, 1.54) is 0 Å². The summed E-state index contributed by atoms with van der Waals surface area (Å²) in [5, 5.41) is 0. The van der Waals surface area contributed by atoms with Crippen LogP contribution in [-0.4, -0.2) is 31.8 Å². The smallest absolute Gasteiger partial charge is 0.259 e. The highest BCUT2D eigenvalue weighted by atomic mass is 16.5. The highest BCUT2D eigenvalue weighted by molar-refractivity contribution is 6.14. The molecule has 2 atom stereocenters. The van der Waals surface area contributed by atoms with Crippen LogP contribution in [0.15, 0.2) is 109 Å². The molecule has 5 heteroatoms. The van der Waals surface area contributed by atoms with Crippen LogP contribution in [0.1, 0.15) is 32.4 Å². The van der Waals surface area contributed by atoms with E-state index in [0.29, 0.717) is 22.6 Å². The van der Waals surface area contributed by atoms with Crippen LogP contribution in [0.2, 0.25) is 0 Å². The van der Waals surface area contributed by atoms with Crippen LogP contribution in [0.5, 0.6) is 5.75 Å². The largest absolute Gasteiger partial charge is 0.482 e. The molecule has 5 nitrogen and oxygen atoms in total. The minimum atomic E-state index is -0.884. The van der Waals surface area contributed by atoms with Crippen molar-refractivity contribution in [2.75, 3.05) is 23.9 Å². The molecule has 1 aliphatic heterocycles. The summed E-state index contributed by atoms with van der Waals surface area (Å²) in [6, 6.07) is 32.6. The zero-order valence-electron chi connectivity index (χ0n) is 19.7. The highest BCUT2D eigenvalue weighted by Crippen LogP contribution is 2.40. The topological polar surface area (TPSA) is 49.9 Å². The maximum atomic E-state index is 14.0. The van der Waals surface area contributed by atoms with Gasteiger partial charge in [0.05, 0.1) is 5.56 Å². The summed E-state index contributed by atoms with van der Waals surface area (Å²) >= 11 is 0. The molecule has 0 radical (unpaired) electrons. The number of hydrogen-bond acceptors (Lipinski definition) is 4. The molecular weight excluding hydrogens is 436 g/mol. The molecular formula is C30H26N2O3. The van der Waals surface area contributed by atoms with Gasteiger partial charge in [-0.3, -0.25) is 14.5 Å². The first kappa shape index (κ1) is 22.4. The summed E-state index contributed by atoms with van der Waals surface area (Å²) in [4.78, 5) is 31.6. The Hall–Kier alpha value is -4.38. The molecule has 1 aliphatic rings. The lowest BCUT2D eigenvalue weighted by atomic mass is 9.89. The van der Waals surface area contributed by atoms with Gasteiger partial charge in [-0.1, -0.05) is 60.7 Å². The summed E-state index contributed by atoms with van der Waals surface area (Å²) in [5.74, 6) is 0.116. The van der Waals surface area contributed by atoms with Crippen LogP contribution in [0, 0.1) is 0 Å². The third-order valence-electron chi connectivity index (χ3n) is 6.25. The van der Waals surface area contributed by atoms with Crippen LogP contribution in [0.4, 0.5) is 11.4 Å². The molecule has 0 bridgehead atoms. The predicted octanol–water partition coefficient (Wildman–Crippen LogP) is 5.78. The number of carbonyl (C=O) groups excluding carboxylic acids is 2. The number of Topliss-reactive ketones (excluding diaryl/α,β-unsaturated/α-hetero) is 1. The molecule has 2 unspecified atom stereocenters. The van der Waals surface area contributed by atoms with Gasteiger partial charge in [0.25, 0.3) is 5.91 Å². The lowest BCUT2D eigenvalue weighted by Gasteiger charge is -2.39. The molecule has 0 saturated heterocycles. The van der Waals surface area contributed by atoms with E-state index < -0.39 is 12.1 Å². The summed E-state index contributed by atoms with van der Waals surface area (Å²) in [7, 11) is 3.95.